The van der Waals surface area contributed by atoms with Crippen LogP contribution in [0.25, 0.3) is 0 Å². The lowest BCUT2D eigenvalue weighted by atomic mass is 10.3. The Bertz CT molecular complexity index is 712. The Morgan fingerprint density at radius 1 is 1.25 bits per heavy atom. The van der Waals surface area contributed by atoms with E-state index in [9.17, 15) is 5.11 Å². The molecule has 0 aliphatic carbocycles. The highest BCUT2D eigenvalue weighted by Crippen LogP contribution is 2.37. The summed E-state index contributed by atoms with van der Waals surface area (Å²) >= 11 is 6.14. The number of aromatic nitrogens is 2. The van der Waals surface area contributed by atoms with Crippen LogP contribution in [0.4, 0.5) is 5.95 Å². The third-order valence-corrected chi connectivity index (χ3v) is 3.96. The molecule has 128 valence electrons. The zero-order valence-corrected chi connectivity index (χ0v) is 14.2. The highest BCUT2D eigenvalue weighted by molar-refractivity contribution is 6.32. The van der Waals surface area contributed by atoms with Crippen LogP contribution in [0.2, 0.25) is 5.02 Å². The number of aromatic hydroxyl groups is 1. The molecule has 0 unspecified atom stereocenters. The second-order valence-corrected chi connectivity index (χ2v) is 5.67. The summed E-state index contributed by atoms with van der Waals surface area (Å²) < 4.78 is 16.2. The van der Waals surface area contributed by atoms with E-state index in [0.29, 0.717) is 54.5 Å². The van der Waals surface area contributed by atoms with Gasteiger partial charge in [0.25, 0.3) is 5.88 Å². The summed E-state index contributed by atoms with van der Waals surface area (Å²) in [6.07, 6.45) is 0. The van der Waals surface area contributed by atoms with Crippen molar-refractivity contribution in [3.63, 3.8) is 0 Å². The Morgan fingerprint density at radius 3 is 2.67 bits per heavy atom. The van der Waals surface area contributed by atoms with Gasteiger partial charge in [-0.25, -0.2) is 4.98 Å². The molecule has 1 saturated heterocycles. The zero-order chi connectivity index (χ0) is 17.1. The second kappa shape index (κ2) is 7.11. The van der Waals surface area contributed by atoms with Gasteiger partial charge in [0, 0.05) is 19.2 Å². The molecule has 0 atom stereocenters. The van der Waals surface area contributed by atoms with Gasteiger partial charge in [0.1, 0.15) is 11.5 Å². The number of benzene rings is 1. The summed E-state index contributed by atoms with van der Waals surface area (Å²) in [7, 11) is 1.55. The predicted molar refractivity (Wildman–Crippen MR) is 89.5 cm³/mol. The molecule has 8 heteroatoms. The molecule has 0 bridgehead atoms. The molecule has 24 heavy (non-hydrogen) atoms. The largest absolute Gasteiger partial charge is 0.497 e. The molecular weight excluding hydrogens is 334 g/mol. The highest BCUT2D eigenvalue weighted by atomic mass is 35.5. The lowest BCUT2D eigenvalue weighted by Gasteiger charge is -2.27. The van der Waals surface area contributed by atoms with Crippen molar-refractivity contribution in [3.8, 4) is 23.1 Å². The third kappa shape index (κ3) is 3.47. The Labute approximate surface area is 144 Å². The van der Waals surface area contributed by atoms with Crippen molar-refractivity contribution >= 4 is 17.5 Å². The molecule has 2 aromatic rings. The van der Waals surface area contributed by atoms with Crippen LogP contribution in [-0.2, 0) is 4.74 Å². The predicted octanol–water partition coefficient (Wildman–Crippen LogP) is 2.78. The molecule has 7 nitrogen and oxygen atoms in total. The number of hydrogen-bond acceptors (Lipinski definition) is 7. The standard InChI is InChI=1S/C16H18ClN3O4/c1-10-14(24-13-9-11(22-2)3-4-12(13)17)15(21)19-16(18-10)20-5-7-23-8-6-20/h3-4,9H,5-8H2,1-2H3,(H,18,19,21). The van der Waals surface area contributed by atoms with Crippen molar-refractivity contribution in [2.45, 2.75) is 6.92 Å². The number of rotatable bonds is 4. The lowest BCUT2D eigenvalue weighted by molar-refractivity contribution is 0.122. The van der Waals surface area contributed by atoms with Crippen molar-refractivity contribution in [1.82, 2.24) is 9.97 Å². The van der Waals surface area contributed by atoms with E-state index in [1.54, 1.807) is 32.2 Å². The average molecular weight is 352 g/mol. The van der Waals surface area contributed by atoms with Gasteiger partial charge in [-0.2, -0.15) is 4.98 Å². The summed E-state index contributed by atoms with van der Waals surface area (Å²) in [6, 6.07) is 5.02. The fraction of sp³-hybridized carbons (Fsp3) is 0.375. The Morgan fingerprint density at radius 2 is 2.00 bits per heavy atom. The van der Waals surface area contributed by atoms with Gasteiger partial charge in [0.15, 0.2) is 0 Å². The first-order valence-electron chi connectivity index (χ1n) is 7.50. The summed E-state index contributed by atoms with van der Waals surface area (Å²) in [5, 5.41) is 10.7. The zero-order valence-electron chi connectivity index (χ0n) is 13.5. The van der Waals surface area contributed by atoms with Gasteiger partial charge in [0.2, 0.25) is 11.7 Å². The summed E-state index contributed by atoms with van der Waals surface area (Å²) in [5.41, 5.74) is 0.517. The van der Waals surface area contributed by atoms with Gasteiger partial charge in [-0.3, -0.25) is 0 Å². The van der Waals surface area contributed by atoms with Crippen molar-refractivity contribution < 1.29 is 19.3 Å². The first-order valence-corrected chi connectivity index (χ1v) is 7.88. The van der Waals surface area contributed by atoms with E-state index in [1.165, 1.54) is 0 Å². The van der Waals surface area contributed by atoms with E-state index < -0.39 is 0 Å². The fourth-order valence-corrected chi connectivity index (χ4v) is 2.51. The maximum atomic E-state index is 10.3. The molecule has 2 heterocycles. The molecule has 0 radical (unpaired) electrons. The monoisotopic (exact) mass is 351 g/mol. The Hall–Kier alpha value is -2.25. The van der Waals surface area contributed by atoms with E-state index in [4.69, 9.17) is 25.8 Å². The van der Waals surface area contributed by atoms with Gasteiger partial charge in [-0.15, -0.1) is 0 Å². The molecular formula is C16H18ClN3O4. The maximum Gasteiger partial charge on any atom is 0.260 e. The van der Waals surface area contributed by atoms with Gasteiger partial charge in [-0.1, -0.05) is 11.6 Å². The van der Waals surface area contributed by atoms with Crippen LogP contribution in [0.15, 0.2) is 18.2 Å². The second-order valence-electron chi connectivity index (χ2n) is 5.26. The Balaban J connectivity index is 1.89. The summed E-state index contributed by atoms with van der Waals surface area (Å²) in [6.45, 7) is 4.33. The van der Waals surface area contributed by atoms with Gasteiger partial charge >= 0.3 is 0 Å². The quantitative estimate of drug-likeness (QED) is 0.907. The molecule has 0 amide bonds. The third-order valence-electron chi connectivity index (χ3n) is 3.65. The minimum absolute atomic E-state index is 0.169. The highest BCUT2D eigenvalue weighted by Gasteiger charge is 2.20. The molecule has 1 aliphatic heterocycles. The smallest absolute Gasteiger partial charge is 0.260 e. The number of anilines is 1. The van der Waals surface area contributed by atoms with Crippen LogP contribution in [-0.4, -0.2) is 48.5 Å². The van der Waals surface area contributed by atoms with Crippen molar-refractivity contribution in [2.24, 2.45) is 0 Å². The van der Waals surface area contributed by atoms with Crippen molar-refractivity contribution in [1.29, 1.82) is 0 Å². The molecule has 1 aromatic carbocycles. The van der Waals surface area contributed by atoms with E-state index in [2.05, 4.69) is 9.97 Å². The first-order chi connectivity index (χ1) is 11.6. The number of morpholine rings is 1. The minimum atomic E-state index is -0.233. The molecule has 0 spiro atoms. The van der Waals surface area contributed by atoms with Gasteiger partial charge in [-0.05, 0) is 19.1 Å². The SMILES string of the molecule is COc1ccc(Cl)c(Oc2c(C)nc(N3CCOCC3)nc2O)c1. The fourth-order valence-electron chi connectivity index (χ4n) is 2.36. The molecule has 1 N–H and O–H groups in total. The van der Waals surface area contributed by atoms with E-state index in [-0.39, 0.29) is 11.6 Å². The lowest BCUT2D eigenvalue weighted by Crippen LogP contribution is -2.37. The van der Waals surface area contributed by atoms with Crippen molar-refractivity contribution in [2.75, 3.05) is 38.3 Å². The first kappa shape index (κ1) is 16.6. The van der Waals surface area contributed by atoms with Crippen molar-refractivity contribution in [3.05, 3.63) is 28.9 Å². The van der Waals surface area contributed by atoms with Gasteiger partial charge < -0.3 is 24.2 Å². The van der Waals surface area contributed by atoms with Gasteiger partial charge in [0.05, 0.1) is 31.0 Å². The summed E-state index contributed by atoms with van der Waals surface area (Å²) in [4.78, 5) is 10.5. The number of nitrogens with zero attached hydrogens (tertiary/aromatic N) is 3. The topological polar surface area (TPSA) is 76.9 Å². The summed E-state index contributed by atoms with van der Waals surface area (Å²) in [5.74, 6) is 1.34. The van der Waals surface area contributed by atoms with Crippen LogP contribution in [0.5, 0.6) is 23.1 Å². The molecule has 3 rings (SSSR count). The van der Waals surface area contributed by atoms with Crippen LogP contribution >= 0.6 is 11.6 Å². The van der Waals surface area contributed by atoms with Crippen LogP contribution in [0.1, 0.15) is 5.69 Å². The number of hydrogen-bond donors (Lipinski definition) is 1. The van der Waals surface area contributed by atoms with E-state index in [1.807, 2.05) is 4.90 Å². The van der Waals surface area contributed by atoms with E-state index >= 15 is 0 Å². The number of halogens is 1. The molecule has 1 aliphatic rings. The average Bonchev–Trinajstić information content (AvgIpc) is 2.60. The molecule has 1 aromatic heterocycles. The molecule has 1 fully saturated rings. The Kier molecular flexibility index (Phi) is 4.92. The number of ether oxygens (including phenoxy) is 3. The van der Waals surface area contributed by atoms with Crippen LogP contribution < -0.4 is 14.4 Å². The number of aryl methyl sites for hydroxylation is 1. The minimum Gasteiger partial charge on any atom is -0.497 e. The normalized spacial score (nSPS) is 14.5. The van der Waals surface area contributed by atoms with Crippen LogP contribution in [0.3, 0.4) is 0 Å². The van der Waals surface area contributed by atoms with E-state index in [0.717, 1.165) is 0 Å². The number of methoxy groups -OCH3 is 1. The maximum absolute atomic E-state index is 10.3. The van der Waals surface area contributed by atoms with Crippen LogP contribution in [0, 0.1) is 6.92 Å². The molecule has 0 saturated carbocycles.